The van der Waals surface area contributed by atoms with Gasteiger partial charge in [-0.3, -0.25) is 14.6 Å². The third-order valence-corrected chi connectivity index (χ3v) is 3.80. The Hall–Kier alpha value is -2.68. The summed E-state index contributed by atoms with van der Waals surface area (Å²) >= 11 is 0. The second-order valence-electron chi connectivity index (χ2n) is 5.98. The number of carbonyl (C=O) groups is 1. The lowest BCUT2D eigenvalue weighted by Crippen LogP contribution is -2.22. The summed E-state index contributed by atoms with van der Waals surface area (Å²) < 4.78 is 37.9. The summed E-state index contributed by atoms with van der Waals surface area (Å²) in [5.41, 5.74) is -0.979. The number of H-pyrrole nitrogens is 1. The summed E-state index contributed by atoms with van der Waals surface area (Å²) in [6.45, 7) is -0.430. The molecule has 0 fully saturated rings. The van der Waals surface area contributed by atoms with Crippen LogP contribution in [0.2, 0.25) is 0 Å². The van der Waals surface area contributed by atoms with Crippen molar-refractivity contribution in [2.75, 3.05) is 25.6 Å². The predicted molar refractivity (Wildman–Crippen MR) is 89.4 cm³/mol. The van der Waals surface area contributed by atoms with Crippen molar-refractivity contribution in [1.82, 2.24) is 9.97 Å². The number of rotatable bonds is 6. The molecule has 1 aromatic carbocycles. The van der Waals surface area contributed by atoms with E-state index in [9.17, 15) is 27.9 Å². The SMILES string of the molecule is CN(C)c1nc(C(=O)CC(CO)c2ccc(C(F)(F)F)cc2)cc(=O)[nH]1. The summed E-state index contributed by atoms with van der Waals surface area (Å²) in [4.78, 5) is 32.1. The highest BCUT2D eigenvalue weighted by atomic mass is 19.4. The number of hydrogen-bond acceptors (Lipinski definition) is 5. The lowest BCUT2D eigenvalue weighted by atomic mass is 9.93. The number of nitrogens with one attached hydrogen (secondary N) is 1. The molecular formula is C17H18F3N3O3. The zero-order valence-electron chi connectivity index (χ0n) is 14.2. The van der Waals surface area contributed by atoms with Gasteiger partial charge in [-0.15, -0.1) is 0 Å². The average Bonchev–Trinajstić information content (AvgIpc) is 2.58. The summed E-state index contributed by atoms with van der Waals surface area (Å²) in [6, 6.07) is 5.31. The van der Waals surface area contributed by atoms with E-state index in [0.29, 0.717) is 5.56 Å². The lowest BCUT2D eigenvalue weighted by Gasteiger charge is -2.16. The number of hydrogen-bond donors (Lipinski definition) is 2. The van der Waals surface area contributed by atoms with E-state index in [1.54, 1.807) is 14.1 Å². The first kappa shape index (κ1) is 19.6. The molecular weight excluding hydrogens is 351 g/mol. The van der Waals surface area contributed by atoms with Gasteiger partial charge >= 0.3 is 6.18 Å². The molecule has 6 nitrogen and oxygen atoms in total. The fraction of sp³-hybridized carbons (Fsp3) is 0.353. The zero-order chi connectivity index (χ0) is 19.5. The van der Waals surface area contributed by atoms with Crippen molar-refractivity contribution in [3.8, 4) is 0 Å². The highest BCUT2D eigenvalue weighted by Crippen LogP contribution is 2.31. The standard InChI is InChI=1S/C17H18F3N3O3/c1-23(2)16-21-13(8-15(26)22-16)14(25)7-11(9-24)10-3-5-12(6-4-10)17(18,19)20/h3-6,8,11,24H,7,9H2,1-2H3,(H,21,22,26). The maximum absolute atomic E-state index is 12.6. The molecule has 0 bridgehead atoms. The molecule has 140 valence electrons. The van der Waals surface area contributed by atoms with Gasteiger partial charge in [0.1, 0.15) is 5.69 Å². The van der Waals surface area contributed by atoms with E-state index < -0.39 is 35.6 Å². The van der Waals surface area contributed by atoms with Gasteiger partial charge in [0.05, 0.1) is 12.2 Å². The Labute approximate surface area is 147 Å². The van der Waals surface area contributed by atoms with Crippen molar-refractivity contribution in [2.24, 2.45) is 0 Å². The number of ketones is 1. The molecule has 0 spiro atoms. The van der Waals surface area contributed by atoms with Crippen LogP contribution in [0.4, 0.5) is 19.1 Å². The van der Waals surface area contributed by atoms with Crippen LogP contribution in [-0.4, -0.2) is 41.6 Å². The Morgan fingerprint density at radius 3 is 2.38 bits per heavy atom. The summed E-state index contributed by atoms with van der Waals surface area (Å²) in [6.07, 6.45) is -4.65. The second kappa shape index (κ2) is 7.69. The van der Waals surface area contributed by atoms with E-state index >= 15 is 0 Å². The first-order valence-corrected chi connectivity index (χ1v) is 7.71. The quantitative estimate of drug-likeness (QED) is 0.763. The van der Waals surface area contributed by atoms with Crippen LogP contribution in [0, 0.1) is 0 Å². The molecule has 1 heterocycles. The molecule has 26 heavy (non-hydrogen) atoms. The molecule has 1 atom stereocenters. The Bertz CT molecular complexity index is 830. The van der Waals surface area contributed by atoms with Crippen molar-refractivity contribution in [3.05, 3.63) is 57.5 Å². The number of nitrogens with zero attached hydrogens (tertiary/aromatic N) is 2. The first-order valence-electron chi connectivity index (χ1n) is 7.71. The first-order chi connectivity index (χ1) is 12.1. The van der Waals surface area contributed by atoms with Gasteiger partial charge in [0.2, 0.25) is 5.95 Å². The molecule has 0 aliphatic heterocycles. The van der Waals surface area contributed by atoms with E-state index in [1.165, 1.54) is 17.0 Å². The number of aromatic nitrogens is 2. The van der Waals surface area contributed by atoms with Crippen LogP contribution in [-0.2, 0) is 6.18 Å². The van der Waals surface area contributed by atoms with Gasteiger partial charge in [-0.1, -0.05) is 12.1 Å². The average molecular weight is 369 g/mol. The van der Waals surface area contributed by atoms with Crippen molar-refractivity contribution in [3.63, 3.8) is 0 Å². The molecule has 1 aromatic heterocycles. The van der Waals surface area contributed by atoms with E-state index in [1.807, 2.05) is 0 Å². The van der Waals surface area contributed by atoms with Gasteiger partial charge in [0.15, 0.2) is 5.78 Å². The summed E-state index contributed by atoms with van der Waals surface area (Å²) in [7, 11) is 3.29. The molecule has 0 amide bonds. The number of aliphatic hydroxyl groups excluding tert-OH is 1. The number of halogens is 3. The highest BCUT2D eigenvalue weighted by Gasteiger charge is 2.30. The molecule has 1 unspecified atom stereocenters. The minimum absolute atomic E-state index is 0.0668. The summed E-state index contributed by atoms with van der Waals surface area (Å²) in [5.74, 6) is -0.984. The monoisotopic (exact) mass is 369 g/mol. The number of benzene rings is 1. The summed E-state index contributed by atoms with van der Waals surface area (Å²) in [5, 5.41) is 9.53. The van der Waals surface area contributed by atoms with E-state index in [2.05, 4.69) is 9.97 Å². The minimum Gasteiger partial charge on any atom is -0.396 e. The third kappa shape index (κ3) is 4.69. The van der Waals surface area contributed by atoms with Gasteiger partial charge in [-0.25, -0.2) is 4.98 Å². The number of aromatic amines is 1. The van der Waals surface area contributed by atoms with Crippen molar-refractivity contribution < 1.29 is 23.1 Å². The Morgan fingerprint density at radius 1 is 1.27 bits per heavy atom. The number of alkyl halides is 3. The molecule has 9 heteroatoms. The van der Waals surface area contributed by atoms with E-state index in [4.69, 9.17) is 0 Å². The van der Waals surface area contributed by atoms with Crippen molar-refractivity contribution in [1.29, 1.82) is 0 Å². The minimum atomic E-state index is -4.46. The molecule has 0 aliphatic rings. The molecule has 2 aromatic rings. The Kier molecular flexibility index (Phi) is 5.81. The topological polar surface area (TPSA) is 86.3 Å². The maximum Gasteiger partial charge on any atom is 0.416 e. The fourth-order valence-corrected chi connectivity index (χ4v) is 2.36. The predicted octanol–water partition coefficient (Wildman–Crippen LogP) is 2.20. The molecule has 2 N–H and O–H groups in total. The normalized spacial score (nSPS) is 12.7. The van der Waals surface area contributed by atoms with Crippen LogP contribution in [0.15, 0.2) is 35.1 Å². The van der Waals surface area contributed by atoms with Gasteiger partial charge < -0.3 is 10.0 Å². The van der Waals surface area contributed by atoms with Crippen LogP contribution in [0.3, 0.4) is 0 Å². The van der Waals surface area contributed by atoms with Gasteiger partial charge in [0.25, 0.3) is 5.56 Å². The smallest absolute Gasteiger partial charge is 0.396 e. The van der Waals surface area contributed by atoms with Gasteiger partial charge in [0, 0.05) is 32.5 Å². The third-order valence-electron chi connectivity index (χ3n) is 3.80. The van der Waals surface area contributed by atoms with Crippen LogP contribution in [0.5, 0.6) is 0 Å². The molecule has 0 saturated carbocycles. The van der Waals surface area contributed by atoms with Crippen molar-refractivity contribution in [2.45, 2.75) is 18.5 Å². The molecule has 0 saturated heterocycles. The van der Waals surface area contributed by atoms with Gasteiger partial charge in [-0.05, 0) is 17.7 Å². The van der Waals surface area contributed by atoms with Gasteiger partial charge in [-0.2, -0.15) is 13.2 Å². The van der Waals surface area contributed by atoms with E-state index in [-0.39, 0.29) is 18.1 Å². The number of aliphatic hydroxyl groups is 1. The number of anilines is 1. The van der Waals surface area contributed by atoms with E-state index in [0.717, 1.165) is 18.2 Å². The number of Topliss-reactive ketones (excluding diaryl/α,β-unsaturated/α-hetero) is 1. The molecule has 0 radical (unpaired) electrons. The van der Waals surface area contributed by atoms with Crippen molar-refractivity contribution >= 4 is 11.7 Å². The van der Waals surface area contributed by atoms with Crippen LogP contribution in [0.1, 0.15) is 34.0 Å². The fourth-order valence-electron chi connectivity index (χ4n) is 2.36. The Morgan fingerprint density at radius 2 is 1.88 bits per heavy atom. The number of carbonyl (C=O) groups excluding carboxylic acids is 1. The van der Waals surface area contributed by atoms with Crippen LogP contribution in [0.25, 0.3) is 0 Å². The lowest BCUT2D eigenvalue weighted by molar-refractivity contribution is -0.137. The second-order valence-corrected chi connectivity index (χ2v) is 5.98. The largest absolute Gasteiger partial charge is 0.416 e. The Balaban J connectivity index is 2.22. The highest BCUT2D eigenvalue weighted by molar-refractivity contribution is 5.94. The molecule has 0 aliphatic carbocycles. The zero-order valence-corrected chi connectivity index (χ0v) is 14.2. The van der Waals surface area contributed by atoms with Crippen LogP contribution < -0.4 is 10.5 Å². The van der Waals surface area contributed by atoms with Crippen LogP contribution >= 0.6 is 0 Å². The maximum atomic E-state index is 12.6. The molecule has 2 rings (SSSR count).